The van der Waals surface area contributed by atoms with Crippen molar-refractivity contribution in [3.05, 3.63) is 58.1 Å². The Balaban J connectivity index is 1.58. The molecular formula is C21H23N3O6. The van der Waals surface area contributed by atoms with Crippen molar-refractivity contribution in [3.8, 4) is 11.5 Å². The van der Waals surface area contributed by atoms with Gasteiger partial charge in [-0.2, -0.15) is 0 Å². The summed E-state index contributed by atoms with van der Waals surface area (Å²) in [6.07, 6.45) is 4.38. The van der Waals surface area contributed by atoms with Crippen molar-refractivity contribution >= 4 is 23.2 Å². The van der Waals surface area contributed by atoms with E-state index in [1.165, 1.54) is 18.2 Å². The minimum absolute atomic E-state index is 0.105. The van der Waals surface area contributed by atoms with Gasteiger partial charge in [-0.25, -0.2) is 0 Å². The van der Waals surface area contributed by atoms with Crippen molar-refractivity contribution in [1.82, 2.24) is 5.32 Å². The van der Waals surface area contributed by atoms with Gasteiger partial charge < -0.3 is 20.1 Å². The van der Waals surface area contributed by atoms with Crippen LogP contribution in [0, 0.1) is 10.1 Å². The molecule has 2 amide bonds. The molecule has 3 rings (SSSR count). The molecule has 1 fully saturated rings. The minimum atomic E-state index is -0.585. The summed E-state index contributed by atoms with van der Waals surface area (Å²) in [7, 11) is 1.55. The van der Waals surface area contributed by atoms with Gasteiger partial charge in [-0.15, -0.1) is 0 Å². The van der Waals surface area contributed by atoms with Crippen LogP contribution in [-0.2, 0) is 4.79 Å². The van der Waals surface area contributed by atoms with E-state index in [9.17, 15) is 19.7 Å². The van der Waals surface area contributed by atoms with Crippen molar-refractivity contribution in [1.29, 1.82) is 0 Å². The lowest BCUT2D eigenvalue weighted by molar-refractivity contribution is -0.384. The van der Waals surface area contributed by atoms with E-state index in [2.05, 4.69) is 10.6 Å². The molecule has 0 radical (unpaired) electrons. The molecule has 1 saturated carbocycles. The van der Waals surface area contributed by atoms with Gasteiger partial charge in [0.1, 0.15) is 0 Å². The summed E-state index contributed by atoms with van der Waals surface area (Å²) < 4.78 is 11.3. The van der Waals surface area contributed by atoms with E-state index in [0.717, 1.165) is 31.7 Å². The van der Waals surface area contributed by atoms with E-state index >= 15 is 0 Å². The SMILES string of the molecule is COc1ccc(NC(=O)CNC(=O)c2cccc([N+](=O)[O-])c2)cc1OC1CCCC1. The van der Waals surface area contributed by atoms with Gasteiger partial charge in [0.25, 0.3) is 11.6 Å². The molecule has 0 aliphatic heterocycles. The molecule has 2 N–H and O–H groups in total. The number of carbonyl (C=O) groups is 2. The van der Waals surface area contributed by atoms with Gasteiger partial charge in [-0.05, 0) is 43.9 Å². The molecule has 0 unspecified atom stereocenters. The lowest BCUT2D eigenvalue weighted by atomic mass is 10.2. The van der Waals surface area contributed by atoms with Gasteiger partial charge in [0.05, 0.1) is 24.7 Å². The zero-order chi connectivity index (χ0) is 21.5. The van der Waals surface area contributed by atoms with Crippen LogP contribution in [-0.4, -0.2) is 36.5 Å². The number of nitrogens with one attached hydrogen (secondary N) is 2. The number of ether oxygens (including phenoxy) is 2. The van der Waals surface area contributed by atoms with E-state index in [4.69, 9.17) is 9.47 Å². The molecule has 2 aromatic rings. The quantitative estimate of drug-likeness (QED) is 0.506. The highest BCUT2D eigenvalue weighted by Crippen LogP contribution is 2.33. The van der Waals surface area contributed by atoms with E-state index in [0.29, 0.717) is 17.2 Å². The normalized spacial score (nSPS) is 13.5. The average Bonchev–Trinajstić information content (AvgIpc) is 3.25. The maximum Gasteiger partial charge on any atom is 0.270 e. The highest BCUT2D eigenvalue weighted by Gasteiger charge is 2.19. The van der Waals surface area contributed by atoms with Crippen molar-refractivity contribution in [2.24, 2.45) is 0 Å². The number of anilines is 1. The molecule has 0 spiro atoms. The summed E-state index contributed by atoms with van der Waals surface area (Å²) >= 11 is 0. The molecule has 0 bridgehead atoms. The first-order valence-corrected chi connectivity index (χ1v) is 9.63. The number of hydrogen-bond acceptors (Lipinski definition) is 6. The highest BCUT2D eigenvalue weighted by molar-refractivity contribution is 5.99. The Labute approximate surface area is 173 Å². The van der Waals surface area contributed by atoms with E-state index < -0.39 is 16.7 Å². The van der Waals surface area contributed by atoms with Crippen molar-refractivity contribution in [2.45, 2.75) is 31.8 Å². The fourth-order valence-corrected chi connectivity index (χ4v) is 3.26. The summed E-state index contributed by atoms with van der Waals surface area (Å²) in [6.45, 7) is -0.285. The lowest BCUT2D eigenvalue weighted by Crippen LogP contribution is -2.32. The number of methoxy groups -OCH3 is 1. The maximum absolute atomic E-state index is 12.2. The Morgan fingerprint density at radius 2 is 1.90 bits per heavy atom. The van der Waals surface area contributed by atoms with Gasteiger partial charge in [0.15, 0.2) is 11.5 Å². The van der Waals surface area contributed by atoms with Gasteiger partial charge >= 0.3 is 0 Å². The minimum Gasteiger partial charge on any atom is -0.493 e. The Bertz CT molecular complexity index is 940. The van der Waals surface area contributed by atoms with Gasteiger partial charge in [0, 0.05) is 29.4 Å². The predicted molar refractivity (Wildman–Crippen MR) is 110 cm³/mol. The summed E-state index contributed by atoms with van der Waals surface area (Å²) in [5, 5.41) is 16.0. The molecular weight excluding hydrogens is 390 g/mol. The van der Waals surface area contributed by atoms with Crippen LogP contribution in [0.15, 0.2) is 42.5 Å². The largest absolute Gasteiger partial charge is 0.493 e. The second-order valence-electron chi connectivity index (χ2n) is 6.93. The van der Waals surface area contributed by atoms with Crippen LogP contribution in [0.3, 0.4) is 0 Å². The van der Waals surface area contributed by atoms with Crippen LogP contribution in [0.1, 0.15) is 36.0 Å². The third-order valence-corrected chi connectivity index (χ3v) is 4.77. The lowest BCUT2D eigenvalue weighted by Gasteiger charge is -2.17. The predicted octanol–water partition coefficient (Wildman–Crippen LogP) is 3.29. The molecule has 0 aromatic heterocycles. The number of nitro groups is 1. The van der Waals surface area contributed by atoms with Crippen LogP contribution < -0.4 is 20.1 Å². The number of nitrogens with zero attached hydrogens (tertiary/aromatic N) is 1. The summed E-state index contributed by atoms with van der Waals surface area (Å²) in [4.78, 5) is 34.6. The van der Waals surface area contributed by atoms with Crippen molar-refractivity contribution < 1.29 is 24.0 Å². The Kier molecular flexibility index (Phi) is 6.84. The third kappa shape index (κ3) is 5.47. The molecule has 0 heterocycles. The first-order valence-electron chi connectivity index (χ1n) is 9.63. The number of rotatable bonds is 8. The molecule has 30 heavy (non-hydrogen) atoms. The van der Waals surface area contributed by atoms with E-state index in [-0.39, 0.29) is 23.9 Å². The Morgan fingerprint density at radius 3 is 2.60 bits per heavy atom. The molecule has 9 heteroatoms. The molecule has 0 atom stereocenters. The number of non-ortho nitro benzene ring substituents is 1. The smallest absolute Gasteiger partial charge is 0.270 e. The first kappa shape index (κ1) is 21.1. The number of nitro benzene ring substituents is 1. The average molecular weight is 413 g/mol. The van der Waals surface area contributed by atoms with Crippen molar-refractivity contribution in [3.63, 3.8) is 0 Å². The van der Waals surface area contributed by atoms with Crippen LogP contribution in [0.2, 0.25) is 0 Å². The van der Waals surface area contributed by atoms with Crippen molar-refractivity contribution in [2.75, 3.05) is 19.0 Å². The van der Waals surface area contributed by atoms with Gasteiger partial charge in [-0.3, -0.25) is 19.7 Å². The van der Waals surface area contributed by atoms with E-state index in [1.54, 1.807) is 25.3 Å². The topological polar surface area (TPSA) is 120 Å². The second-order valence-corrected chi connectivity index (χ2v) is 6.93. The van der Waals surface area contributed by atoms with E-state index in [1.807, 2.05) is 0 Å². The van der Waals surface area contributed by atoms with Crippen LogP contribution in [0.4, 0.5) is 11.4 Å². The fourth-order valence-electron chi connectivity index (χ4n) is 3.26. The molecule has 0 saturated heterocycles. The van der Waals surface area contributed by atoms with Crippen LogP contribution in [0.5, 0.6) is 11.5 Å². The maximum atomic E-state index is 12.2. The van der Waals surface area contributed by atoms with Crippen LogP contribution >= 0.6 is 0 Å². The molecule has 158 valence electrons. The molecule has 2 aromatic carbocycles. The molecule has 9 nitrogen and oxygen atoms in total. The summed E-state index contributed by atoms with van der Waals surface area (Å²) in [5.74, 6) is 0.126. The zero-order valence-corrected chi connectivity index (χ0v) is 16.6. The summed E-state index contributed by atoms with van der Waals surface area (Å²) in [6, 6.07) is 10.4. The number of carbonyl (C=O) groups excluding carboxylic acids is 2. The molecule has 1 aliphatic rings. The first-order chi connectivity index (χ1) is 14.5. The van der Waals surface area contributed by atoms with Gasteiger partial charge in [-0.1, -0.05) is 6.07 Å². The fraction of sp³-hybridized carbons (Fsp3) is 0.333. The number of benzene rings is 2. The third-order valence-electron chi connectivity index (χ3n) is 4.77. The highest BCUT2D eigenvalue weighted by atomic mass is 16.6. The molecule has 1 aliphatic carbocycles. The number of amides is 2. The van der Waals surface area contributed by atoms with Crippen LogP contribution in [0.25, 0.3) is 0 Å². The standard InChI is InChI=1S/C21H23N3O6/c1-29-18-10-9-15(12-19(18)30-17-7-2-3-8-17)23-20(25)13-22-21(26)14-5-4-6-16(11-14)24(27)28/h4-6,9-12,17H,2-3,7-8,13H2,1H3,(H,22,26)(H,23,25). The zero-order valence-electron chi connectivity index (χ0n) is 16.6. The Hall–Kier alpha value is -3.62. The number of hydrogen-bond donors (Lipinski definition) is 2. The summed E-state index contributed by atoms with van der Waals surface area (Å²) in [5.41, 5.74) is 0.423. The monoisotopic (exact) mass is 413 g/mol. The van der Waals surface area contributed by atoms with Gasteiger partial charge in [0.2, 0.25) is 5.91 Å². The Morgan fingerprint density at radius 1 is 1.13 bits per heavy atom. The second kappa shape index (κ2) is 9.73.